The molecule has 1 atom stereocenters. The van der Waals surface area contributed by atoms with Crippen LogP contribution in [0.2, 0.25) is 0 Å². The van der Waals surface area contributed by atoms with E-state index in [9.17, 15) is 4.79 Å². The summed E-state index contributed by atoms with van der Waals surface area (Å²) < 4.78 is 0. The van der Waals surface area contributed by atoms with Gasteiger partial charge in [0.15, 0.2) is 0 Å². The van der Waals surface area contributed by atoms with Crippen molar-refractivity contribution in [3.63, 3.8) is 0 Å². The number of amides is 1. The van der Waals surface area contributed by atoms with Crippen molar-refractivity contribution in [1.82, 2.24) is 9.97 Å². The van der Waals surface area contributed by atoms with Gasteiger partial charge >= 0.3 is 0 Å². The zero-order valence-corrected chi connectivity index (χ0v) is 11.5. The van der Waals surface area contributed by atoms with Gasteiger partial charge in [0.25, 0.3) is 0 Å². The lowest BCUT2D eigenvalue weighted by Gasteiger charge is -2.09. The number of carbonyl (C=O) groups excluding carboxylic acids is 1. The van der Waals surface area contributed by atoms with Gasteiger partial charge < -0.3 is 5.32 Å². The number of aryl methyl sites for hydroxylation is 1. The minimum absolute atomic E-state index is 0.0275. The van der Waals surface area contributed by atoms with Crippen LogP contribution in [0.1, 0.15) is 23.7 Å². The summed E-state index contributed by atoms with van der Waals surface area (Å²) in [6.07, 6.45) is 6.06. The monoisotopic (exact) mass is 267 g/mol. The molecule has 2 aromatic heterocycles. The van der Waals surface area contributed by atoms with Gasteiger partial charge in [0.1, 0.15) is 5.82 Å². The van der Waals surface area contributed by atoms with Gasteiger partial charge in [-0.2, -0.15) is 0 Å². The van der Waals surface area contributed by atoms with E-state index in [0.717, 1.165) is 25.0 Å². The molecule has 0 bridgehead atoms. The molecule has 0 saturated carbocycles. The van der Waals surface area contributed by atoms with Gasteiger partial charge in [0.05, 0.1) is 0 Å². The molecule has 20 heavy (non-hydrogen) atoms. The molecular formula is C16H17N3O. The molecule has 1 amide bonds. The van der Waals surface area contributed by atoms with Crippen molar-refractivity contribution < 1.29 is 4.79 Å². The molecule has 2 heterocycles. The Kier molecular flexibility index (Phi) is 3.46. The number of nitrogens with zero attached hydrogens (tertiary/aromatic N) is 2. The second-order valence-electron chi connectivity index (χ2n) is 5.11. The zero-order valence-electron chi connectivity index (χ0n) is 11.5. The summed E-state index contributed by atoms with van der Waals surface area (Å²) in [4.78, 5) is 20.9. The standard InChI is InChI=1S/C16H17N3O/c1-2-11-7-12-8-13(9-14(12)18-10-11)16(20)19-15-5-3-4-6-17-15/h3-7,10,13H,2,8-9H2,1H3,(H,17,19,20). The molecule has 102 valence electrons. The topological polar surface area (TPSA) is 54.9 Å². The highest BCUT2D eigenvalue weighted by atomic mass is 16.1. The van der Waals surface area contributed by atoms with Crippen LogP contribution < -0.4 is 5.32 Å². The van der Waals surface area contributed by atoms with E-state index >= 15 is 0 Å². The number of anilines is 1. The number of fused-ring (bicyclic) bond motifs is 1. The van der Waals surface area contributed by atoms with Crippen LogP contribution in [0.15, 0.2) is 36.7 Å². The fourth-order valence-electron chi connectivity index (χ4n) is 2.56. The van der Waals surface area contributed by atoms with Gasteiger partial charge in [-0.05, 0) is 36.1 Å². The summed E-state index contributed by atoms with van der Waals surface area (Å²) in [5.74, 6) is 0.599. The Morgan fingerprint density at radius 1 is 1.35 bits per heavy atom. The third kappa shape index (κ3) is 2.54. The molecule has 0 radical (unpaired) electrons. The second-order valence-corrected chi connectivity index (χ2v) is 5.11. The minimum Gasteiger partial charge on any atom is -0.310 e. The number of hydrogen-bond donors (Lipinski definition) is 1. The maximum atomic E-state index is 12.3. The zero-order chi connectivity index (χ0) is 13.9. The summed E-state index contributed by atoms with van der Waals surface area (Å²) in [5, 5.41) is 2.87. The van der Waals surface area contributed by atoms with E-state index in [1.54, 1.807) is 12.3 Å². The lowest BCUT2D eigenvalue weighted by molar-refractivity contribution is -0.119. The highest BCUT2D eigenvalue weighted by Gasteiger charge is 2.28. The Balaban J connectivity index is 1.70. The van der Waals surface area contributed by atoms with Crippen molar-refractivity contribution in [2.75, 3.05) is 5.32 Å². The Hall–Kier alpha value is -2.23. The molecule has 2 aromatic rings. The number of aromatic nitrogens is 2. The lowest BCUT2D eigenvalue weighted by Crippen LogP contribution is -2.23. The summed E-state index contributed by atoms with van der Waals surface area (Å²) in [5.41, 5.74) is 3.50. The molecule has 0 spiro atoms. The van der Waals surface area contributed by atoms with Crippen molar-refractivity contribution in [3.8, 4) is 0 Å². The van der Waals surface area contributed by atoms with E-state index in [-0.39, 0.29) is 11.8 Å². The van der Waals surface area contributed by atoms with E-state index in [4.69, 9.17) is 0 Å². The first-order chi connectivity index (χ1) is 9.76. The van der Waals surface area contributed by atoms with Crippen LogP contribution in [0.25, 0.3) is 0 Å². The third-order valence-electron chi connectivity index (χ3n) is 3.72. The van der Waals surface area contributed by atoms with E-state index < -0.39 is 0 Å². The number of hydrogen-bond acceptors (Lipinski definition) is 3. The van der Waals surface area contributed by atoms with Crippen molar-refractivity contribution in [2.24, 2.45) is 5.92 Å². The highest BCUT2D eigenvalue weighted by Crippen LogP contribution is 2.26. The number of pyridine rings is 2. The Labute approximate surface area is 118 Å². The first-order valence-electron chi connectivity index (χ1n) is 6.95. The van der Waals surface area contributed by atoms with Gasteiger partial charge in [-0.3, -0.25) is 9.78 Å². The Bertz CT molecular complexity index is 625. The normalized spacial score (nSPS) is 16.8. The molecule has 4 heteroatoms. The summed E-state index contributed by atoms with van der Waals surface area (Å²) in [7, 11) is 0. The fourth-order valence-corrected chi connectivity index (χ4v) is 2.56. The van der Waals surface area contributed by atoms with Gasteiger partial charge in [-0.1, -0.05) is 19.1 Å². The first-order valence-corrected chi connectivity index (χ1v) is 6.95. The van der Waals surface area contributed by atoms with Gasteiger partial charge in [-0.15, -0.1) is 0 Å². The smallest absolute Gasteiger partial charge is 0.229 e. The van der Waals surface area contributed by atoms with Crippen LogP contribution in [-0.2, 0) is 24.1 Å². The summed E-state index contributed by atoms with van der Waals surface area (Å²) in [6, 6.07) is 7.67. The molecule has 1 N–H and O–H groups in total. The average Bonchev–Trinajstić information content (AvgIpc) is 2.91. The molecule has 0 saturated heterocycles. The summed E-state index contributed by atoms with van der Waals surface area (Å²) in [6.45, 7) is 2.11. The molecule has 1 aliphatic rings. The number of carbonyl (C=O) groups is 1. The maximum Gasteiger partial charge on any atom is 0.229 e. The van der Waals surface area contributed by atoms with Crippen molar-refractivity contribution in [2.45, 2.75) is 26.2 Å². The van der Waals surface area contributed by atoms with Crippen LogP contribution in [0.5, 0.6) is 0 Å². The molecule has 0 aliphatic heterocycles. The van der Waals surface area contributed by atoms with Crippen LogP contribution in [0.3, 0.4) is 0 Å². The molecule has 0 aromatic carbocycles. The van der Waals surface area contributed by atoms with Crippen LogP contribution >= 0.6 is 0 Å². The molecule has 1 unspecified atom stereocenters. The molecular weight excluding hydrogens is 250 g/mol. The lowest BCUT2D eigenvalue weighted by atomic mass is 10.1. The van der Waals surface area contributed by atoms with Crippen molar-refractivity contribution >= 4 is 11.7 Å². The van der Waals surface area contributed by atoms with E-state index in [1.807, 2.05) is 18.3 Å². The predicted molar refractivity (Wildman–Crippen MR) is 77.4 cm³/mol. The van der Waals surface area contributed by atoms with Crippen LogP contribution in [0, 0.1) is 5.92 Å². The largest absolute Gasteiger partial charge is 0.310 e. The Morgan fingerprint density at radius 3 is 3.00 bits per heavy atom. The van der Waals surface area contributed by atoms with Gasteiger partial charge in [0, 0.05) is 30.4 Å². The number of rotatable bonds is 3. The minimum atomic E-state index is -0.0355. The van der Waals surface area contributed by atoms with E-state index in [1.165, 1.54) is 11.1 Å². The second kappa shape index (κ2) is 5.41. The number of nitrogens with one attached hydrogen (secondary N) is 1. The first kappa shape index (κ1) is 12.8. The fraction of sp³-hybridized carbons (Fsp3) is 0.312. The predicted octanol–water partition coefficient (Wildman–Crippen LogP) is 2.39. The SMILES string of the molecule is CCc1cnc2c(c1)CC(C(=O)Nc1ccccn1)C2. The third-order valence-corrected chi connectivity index (χ3v) is 3.72. The van der Waals surface area contributed by atoms with Gasteiger partial charge in [-0.25, -0.2) is 4.98 Å². The van der Waals surface area contributed by atoms with E-state index in [2.05, 4.69) is 28.3 Å². The van der Waals surface area contributed by atoms with Crippen LogP contribution in [-0.4, -0.2) is 15.9 Å². The molecule has 1 aliphatic carbocycles. The van der Waals surface area contributed by atoms with E-state index in [0.29, 0.717) is 5.82 Å². The molecule has 4 nitrogen and oxygen atoms in total. The summed E-state index contributed by atoms with van der Waals surface area (Å²) >= 11 is 0. The molecule has 3 rings (SSSR count). The van der Waals surface area contributed by atoms with Crippen molar-refractivity contribution in [3.05, 3.63) is 53.5 Å². The van der Waals surface area contributed by atoms with Crippen LogP contribution in [0.4, 0.5) is 5.82 Å². The van der Waals surface area contributed by atoms with Crippen molar-refractivity contribution in [1.29, 1.82) is 0 Å². The highest BCUT2D eigenvalue weighted by molar-refractivity contribution is 5.92. The maximum absolute atomic E-state index is 12.3. The van der Waals surface area contributed by atoms with Gasteiger partial charge in [0.2, 0.25) is 5.91 Å². The Morgan fingerprint density at radius 2 is 2.25 bits per heavy atom. The average molecular weight is 267 g/mol. The molecule has 0 fully saturated rings. The quantitative estimate of drug-likeness (QED) is 0.929.